The molecule has 0 radical (unpaired) electrons. The van der Waals surface area contributed by atoms with Crippen LogP contribution in [0.3, 0.4) is 0 Å². The molecule has 8 nitrogen and oxygen atoms in total. The van der Waals surface area contributed by atoms with E-state index in [1.54, 1.807) is 53.4 Å². The number of nitrogens with zero attached hydrogens (tertiary/aromatic N) is 3. The van der Waals surface area contributed by atoms with E-state index in [-0.39, 0.29) is 18.0 Å². The van der Waals surface area contributed by atoms with Gasteiger partial charge in [0.1, 0.15) is 5.76 Å². The van der Waals surface area contributed by atoms with Crippen LogP contribution < -0.4 is 10.6 Å². The van der Waals surface area contributed by atoms with Crippen molar-refractivity contribution in [3.8, 4) is 6.07 Å². The molecule has 1 heterocycles. The summed E-state index contributed by atoms with van der Waals surface area (Å²) in [6.45, 7) is 1.72. The van der Waals surface area contributed by atoms with Crippen molar-refractivity contribution in [3.05, 3.63) is 76.1 Å². The van der Waals surface area contributed by atoms with Crippen LogP contribution in [0.5, 0.6) is 0 Å². The predicted octanol–water partition coefficient (Wildman–Crippen LogP) is 2.51. The molecule has 1 aliphatic heterocycles. The number of rotatable bonds is 6. The zero-order valence-corrected chi connectivity index (χ0v) is 17.8. The van der Waals surface area contributed by atoms with Crippen LogP contribution in [0.15, 0.2) is 60.0 Å². The van der Waals surface area contributed by atoms with E-state index in [1.165, 1.54) is 6.92 Å². The van der Waals surface area contributed by atoms with Gasteiger partial charge in [-0.2, -0.15) is 5.26 Å². The van der Waals surface area contributed by atoms with Crippen LogP contribution in [-0.2, 0) is 26.1 Å². The van der Waals surface area contributed by atoms with Crippen molar-refractivity contribution < 1.29 is 17.9 Å². The van der Waals surface area contributed by atoms with Crippen LogP contribution >= 0.6 is 11.6 Å². The third-order valence-corrected chi connectivity index (χ3v) is 5.82. The van der Waals surface area contributed by atoms with Gasteiger partial charge >= 0.3 is 0 Å². The summed E-state index contributed by atoms with van der Waals surface area (Å²) in [5, 5.41) is 9.63. The number of primary amides is 1. The van der Waals surface area contributed by atoms with Gasteiger partial charge in [-0.05, 0) is 48.9 Å². The molecule has 30 heavy (non-hydrogen) atoms. The monoisotopic (exact) mass is 446 g/mol. The fourth-order valence-corrected chi connectivity index (χ4v) is 4.30. The quantitative estimate of drug-likeness (QED) is 0.728. The molecule has 0 aliphatic carbocycles. The highest BCUT2D eigenvalue weighted by Crippen LogP contribution is 2.34. The molecule has 1 aliphatic rings. The van der Waals surface area contributed by atoms with E-state index in [0.717, 1.165) is 16.1 Å². The van der Waals surface area contributed by atoms with Crippen molar-refractivity contribution in [2.75, 3.05) is 11.2 Å². The van der Waals surface area contributed by atoms with Crippen molar-refractivity contribution in [3.63, 3.8) is 0 Å². The molecular weight excluding hydrogens is 428 g/mol. The summed E-state index contributed by atoms with van der Waals surface area (Å²) in [5.74, 6) is -0.806. The number of allylic oxidation sites excluding steroid dienone is 1. The third kappa shape index (κ3) is 4.35. The number of sulfonamides is 1. The highest BCUT2D eigenvalue weighted by atomic mass is 35.5. The molecule has 1 unspecified atom stereocenters. The molecule has 1 amide bonds. The number of carbonyl (C=O) groups is 1. The molecule has 0 bridgehead atoms. The number of ether oxygens (including phenoxy) is 1. The second-order valence-corrected chi connectivity index (χ2v) is 8.98. The zero-order valence-electron chi connectivity index (χ0n) is 16.2. The van der Waals surface area contributed by atoms with Crippen LogP contribution in [0.1, 0.15) is 18.1 Å². The Balaban J connectivity index is 2.09. The fourth-order valence-electron chi connectivity index (χ4n) is 3.14. The summed E-state index contributed by atoms with van der Waals surface area (Å²) in [6.07, 6.45) is -0.199. The van der Waals surface area contributed by atoms with Gasteiger partial charge < -0.3 is 15.4 Å². The summed E-state index contributed by atoms with van der Waals surface area (Å²) in [6, 6.07) is 15.6. The minimum Gasteiger partial charge on any atom is -0.453 e. The first-order chi connectivity index (χ1) is 14.1. The van der Waals surface area contributed by atoms with E-state index >= 15 is 0 Å². The second kappa shape index (κ2) is 8.26. The third-order valence-electron chi connectivity index (χ3n) is 4.49. The average molecular weight is 447 g/mol. The molecule has 2 aromatic rings. The molecule has 0 saturated carbocycles. The highest BCUT2D eigenvalue weighted by Gasteiger charge is 2.44. The normalized spacial score (nSPS) is 16.2. The fraction of sp³-hybridized carbons (Fsp3) is 0.200. The molecule has 0 spiro atoms. The number of halogens is 1. The first-order valence-electron chi connectivity index (χ1n) is 8.80. The number of anilines is 1. The Hall–Kier alpha value is -3.22. The maximum Gasteiger partial charge on any atom is 0.269 e. The second-order valence-electron chi connectivity index (χ2n) is 6.69. The number of nitrogens with two attached hydrogens (primary N) is 1. The molecule has 3 rings (SSSR count). The molecule has 10 heteroatoms. The number of benzene rings is 2. The van der Waals surface area contributed by atoms with Crippen LogP contribution in [-0.4, -0.2) is 31.2 Å². The Bertz CT molecular complexity index is 1140. The largest absolute Gasteiger partial charge is 0.453 e. The van der Waals surface area contributed by atoms with Crippen molar-refractivity contribution >= 4 is 33.2 Å². The van der Waals surface area contributed by atoms with Gasteiger partial charge in [0.05, 0.1) is 17.9 Å². The first-order valence-corrected chi connectivity index (χ1v) is 11.0. The Morgan fingerprint density at radius 3 is 2.33 bits per heavy atom. The lowest BCUT2D eigenvalue weighted by Gasteiger charge is -2.35. The summed E-state index contributed by atoms with van der Waals surface area (Å²) in [4.78, 5) is 13.6. The maximum atomic E-state index is 12.6. The lowest BCUT2D eigenvalue weighted by molar-refractivity contribution is -0.115. The van der Waals surface area contributed by atoms with Crippen molar-refractivity contribution in [1.82, 2.24) is 4.31 Å². The van der Waals surface area contributed by atoms with Gasteiger partial charge in [0, 0.05) is 17.3 Å². The van der Waals surface area contributed by atoms with E-state index in [1.807, 2.05) is 6.07 Å². The smallest absolute Gasteiger partial charge is 0.269 e. The Labute approximate surface area is 179 Å². The minimum atomic E-state index is -3.91. The number of amides is 1. The summed E-state index contributed by atoms with van der Waals surface area (Å²) < 4.78 is 31.8. The number of hydrogen-bond acceptors (Lipinski definition) is 6. The van der Waals surface area contributed by atoms with Crippen LogP contribution in [0.4, 0.5) is 5.69 Å². The van der Waals surface area contributed by atoms with Gasteiger partial charge in [-0.3, -0.25) is 4.79 Å². The van der Waals surface area contributed by atoms with Crippen molar-refractivity contribution in [1.29, 1.82) is 5.26 Å². The van der Waals surface area contributed by atoms with Gasteiger partial charge in [0.15, 0.2) is 5.70 Å². The molecule has 156 valence electrons. The lowest BCUT2D eigenvalue weighted by Crippen LogP contribution is -2.49. The Morgan fingerprint density at radius 1 is 1.23 bits per heavy atom. The van der Waals surface area contributed by atoms with Crippen molar-refractivity contribution in [2.45, 2.75) is 19.8 Å². The van der Waals surface area contributed by atoms with E-state index in [2.05, 4.69) is 0 Å². The SMILES string of the molecule is CC1=C(C(N)=O)N(S(C)(=O)=O)C(N(Cc2ccc(Cl)cc2)c2ccc(C#N)cc2)O1. The van der Waals surface area contributed by atoms with Gasteiger partial charge in [0.25, 0.3) is 12.3 Å². The lowest BCUT2D eigenvalue weighted by atomic mass is 10.1. The topological polar surface area (TPSA) is 117 Å². The van der Waals surface area contributed by atoms with E-state index in [9.17, 15) is 13.2 Å². The molecule has 2 aromatic carbocycles. The number of hydrogen-bond donors (Lipinski definition) is 1. The molecule has 2 N–H and O–H groups in total. The summed E-state index contributed by atoms with van der Waals surface area (Å²) in [5.41, 5.74) is 7.06. The zero-order chi connectivity index (χ0) is 22.1. The number of nitriles is 1. The van der Waals surface area contributed by atoms with Gasteiger partial charge in [-0.1, -0.05) is 23.7 Å². The van der Waals surface area contributed by atoms with Crippen LogP contribution in [0.2, 0.25) is 5.02 Å². The standard InChI is InChI=1S/C20H19ClN4O4S/c1-13-18(19(23)26)25(30(2,27)28)20(29-13)24(12-15-3-7-16(21)8-4-15)17-9-5-14(11-22)6-10-17/h3-10,20H,12H2,1-2H3,(H2,23,26). The maximum absolute atomic E-state index is 12.6. The van der Waals surface area contributed by atoms with Gasteiger partial charge in [-0.15, -0.1) is 0 Å². The highest BCUT2D eigenvalue weighted by molar-refractivity contribution is 7.88. The summed E-state index contributed by atoms with van der Waals surface area (Å²) in [7, 11) is -3.91. The molecule has 0 fully saturated rings. The Kier molecular flexibility index (Phi) is 5.92. The van der Waals surface area contributed by atoms with E-state index in [4.69, 9.17) is 27.3 Å². The van der Waals surface area contributed by atoms with E-state index < -0.39 is 22.3 Å². The predicted molar refractivity (Wildman–Crippen MR) is 112 cm³/mol. The van der Waals surface area contributed by atoms with Gasteiger partial charge in [-0.25, -0.2) is 12.7 Å². The molecule has 0 saturated heterocycles. The Morgan fingerprint density at radius 2 is 1.83 bits per heavy atom. The number of carbonyl (C=O) groups excluding carboxylic acids is 1. The van der Waals surface area contributed by atoms with Crippen LogP contribution in [0, 0.1) is 11.3 Å². The van der Waals surface area contributed by atoms with Crippen LogP contribution in [0.25, 0.3) is 0 Å². The first kappa shape index (κ1) is 21.5. The molecular formula is C20H19ClN4O4S. The van der Waals surface area contributed by atoms with E-state index in [0.29, 0.717) is 16.3 Å². The summed E-state index contributed by atoms with van der Waals surface area (Å²) >= 11 is 5.97. The average Bonchev–Trinajstić information content (AvgIpc) is 3.05. The van der Waals surface area contributed by atoms with Gasteiger partial charge in [0.2, 0.25) is 10.0 Å². The molecule has 0 aromatic heterocycles. The molecule has 1 atom stereocenters. The minimum absolute atomic E-state index is 0.104. The van der Waals surface area contributed by atoms with Crippen molar-refractivity contribution in [2.24, 2.45) is 5.73 Å².